The molecule has 37 heavy (non-hydrogen) atoms. The maximum Gasteiger partial charge on any atom is 0.495 e. The third-order valence-electron chi connectivity index (χ3n) is 7.09. The van der Waals surface area contributed by atoms with E-state index in [4.69, 9.17) is 18.8 Å². The van der Waals surface area contributed by atoms with Gasteiger partial charge in [0.2, 0.25) is 0 Å². The SMILES string of the molecule is CC(C)(C)OC(=O)NC[C@@]1(c2ccccc2)Cc2c(ccc(C(F)(F)F)c2B2OC(C)(C)C(C)(C)O2)O1. The highest BCUT2D eigenvalue weighted by Gasteiger charge is 2.56. The molecule has 0 saturated carbocycles. The number of carbonyl (C=O) groups is 1. The van der Waals surface area contributed by atoms with E-state index >= 15 is 0 Å². The van der Waals surface area contributed by atoms with Crippen molar-refractivity contribution in [3.05, 3.63) is 59.2 Å². The molecule has 0 bridgehead atoms. The summed E-state index contributed by atoms with van der Waals surface area (Å²) in [4.78, 5) is 12.5. The molecule has 0 spiro atoms. The first-order chi connectivity index (χ1) is 16.9. The molecule has 200 valence electrons. The highest BCUT2D eigenvalue weighted by atomic mass is 19.4. The van der Waals surface area contributed by atoms with E-state index < -0.39 is 47.4 Å². The van der Waals surface area contributed by atoms with Gasteiger partial charge in [-0.05, 0) is 71.7 Å². The maximum atomic E-state index is 14.3. The van der Waals surface area contributed by atoms with Gasteiger partial charge in [0.05, 0.1) is 23.3 Å². The third-order valence-corrected chi connectivity index (χ3v) is 7.09. The Bertz CT molecular complexity index is 1160. The Morgan fingerprint density at radius 1 is 1.00 bits per heavy atom. The van der Waals surface area contributed by atoms with E-state index in [0.29, 0.717) is 11.1 Å². The highest BCUT2D eigenvalue weighted by molar-refractivity contribution is 6.63. The van der Waals surface area contributed by atoms with Crippen LogP contribution < -0.4 is 15.5 Å². The molecular formula is C27H33BF3NO5. The predicted molar refractivity (Wildman–Crippen MR) is 134 cm³/mol. The number of benzene rings is 2. The Hall–Kier alpha value is -2.72. The summed E-state index contributed by atoms with van der Waals surface area (Å²) in [5, 5.41) is 2.74. The maximum absolute atomic E-state index is 14.3. The molecule has 1 saturated heterocycles. The molecule has 0 aromatic heterocycles. The number of hydrogen-bond donors (Lipinski definition) is 1. The minimum absolute atomic E-state index is 0.0231. The first kappa shape index (κ1) is 27.3. The summed E-state index contributed by atoms with van der Waals surface area (Å²) in [7, 11) is -1.24. The average molecular weight is 519 g/mol. The standard InChI is InChI=1S/C27H33BF3NO5/c1-23(2,3)35-22(33)32-16-26(17-11-9-8-10-12-17)15-18-20(34-26)14-13-19(27(29,30)31)21(18)28-36-24(4,5)25(6,7)37-28/h8-14H,15-16H2,1-7H3,(H,32,33)/t26-/m1/s1. The number of ether oxygens (including phenoxy) is 2. The fourth-order valence-corrected chi connectivity index (χ4v) is 4.56. The smallest absolute Gasteiger partial charge is 0.480 e. The number of alkyl carbamates (subject to hydrolysis) is 1. The van der Waals surface area contributed by atoms with Crippen molar-refractivity contribution in [2.75, 3.05) is 6.54 Å². The van der Waals surface area contributed by atoms with Gasteiger partial charge in [0.25, 0.3) is 0 Å². The number of amides is 1. The number of halogens is 3. The van der Waals surface area contributed by atoms with E-state index in [9.17, 15) is 18.0 Å². The second kappa shape index (κ2) is 8.94. The van der Waals surface area contributed by atoms with Crippen molar-refractivity contribution in [3.8, 4) is 5.75 Å². The molecule has 0 unspecified atom stereocenters. The lowest BCUT2D eigenvalue weighted by Gasteiger charge is -2.32. The summed E-state index contributed by atoms with van der Waals surface area (Å²) in [5.41, 5.74) is -3.44. The molecule has 0 aliphatic carbocycles. The van der Waals surface area contributed by atoms with Crippen LogP contribution in [0.2, 0.25) is 0 Å². The van der Waals surface area contributed by atoms with Gasteiger partial charge in [0.15, 0.2) is 5.60 Å². The van der Waals surface area contributed by atoms with Crippen molar-refractivity contribution < 1.29 is 36.7 Å². The summed E-state index contributed by atoms with van der Waals surface area (Å²) in [6.07, 6.45) is -5.23. The van der Waals surface area contributed by atoms with Crippen LogP contribution in [0, 0.1) is 0 Å². The Morgan fingerprint density at radius 2 is 1.59 bits per heavy atom. The minimum Gasteiger partial charge on any atom is -0.480 e. The fourth-order valence-electron chi connectivity index (χ4n) is 4.56. The molecule has 1 amide bonds. The summed E-state index contributed by atoms with van der Waals surface area (Å²) < 4.78 is 66.7. The lowest BCUT2D eigenvalue weighted by molar-refractivity contribution is -0.136. The molecule has 2 heterocycles. The van der Waals surface area contributed by atoms with Gasteiger partial charge in [0.1, 0.15) is 11.4 Å². The van der Waals surface area contributed by atoms with Crippen molar-refractivity contribution in [1.29, 1.82) is 0 Å². The van der Waals surface area contributed by atoms with Crippen LogP contribution in [0.5, 0.6) is 5.75 Å². The van der Waals surface area contributed by atoms with Crippen LogP contribution in [0.3, 0.4) is 0 Å². The van der Waals surface area contributed by atoms with Gasteiger partial charge in [-0.15, -0.1) is 0 Å². The summed E-state index contributed by atoms with van der Waals surface area (Å²) >= 11 is 0. The number of fused-ring (bicyclic) bond motifs is 1. The topological polar surface area (TPSA) is 66.0 Å². The Balaban J connectivity index is 1.78. The molecule has 10 heteroatoms. The summed E-state index contributed by atoms with van der Waals surface area (Å²) in [5.74, 6) is 0.285. The lowest BCUT2D eigenvalue weighted by Crippen LogP contribution is -2.46. The molecule has 2 aliphatic heterocycles. The van der Waals surface area contributed by atoms with Crippen molar-refractivity contribution in [2.45, 2.75) is 83.5 Å². The second-order valence-electron chi connectivity index (χ2n) is 11.6. The van der Waals surface area contributed by atoms with Gasteiger partial charge in [-0.3, -0.25) is 0 Å². The normalized spacial score (nSPS) is 22.4. The second-order valence-corrected chi connectivity index (χ2v) is 11.6. The van der Waals surface area contributed by atoms with Crippen LogP contribution in [-0.2, 0) is 32.2 Å². The van der Waals surface area contributed by atoms with Gasteiger partial charge >= 0.3 is 19.4 Å². The van der Waals surface area contributed by atoms with Crippen LogP contribution in [0.4, 0.5) is 18.0 Å². The number of alkyl halides is 3. The zero-order chi connectivity index (χ0) is 27.4. The Labute approximate surface area is 216 Å². The van der Waals surface area contributed by atoms with Gasteiger partial charge in [-0.2, -0.15) is 13.2 Å². The van der Waals surface area contributed by atoms with E-state index in [1.165, 1.54) is 6.07 Å². The van der Waals surface area contributed by atoms with Crippen LogP contribution in [0.15, 0.2) is 42.5 Å². The van der Waals surface area contributed by atoms with Gasteiger partial charge in [-0.1, -0.05) is 30.3 Å². The van der Waals surface area contributed by atoms with E-state index in [1.54, 1.807) is 48.5 Å². The number of nitrogens with one attached hydrogen (secondary N) is 1. The predicted octanol–water partition coefficient (Wildman–Crippen LogP) is 5.36. The van der Waals surface area contributed by atoms with Gasteiger partial charge < -0.3 is 24.1 Å². The summed E-state index contributed by atoms with van der Waals surface area (Å²) in [6.45, 7) is 12.4. The van der Waals surface area contributed by atoms with E-state index in [2.05, 4.69) is 5.32 Å². The monoisotopic (exact) mass is 519 g/mol. The Morgan fingerprint density at radius 3 is 2.14 bits per heavy atom. The molecule has 1 fully saturated rings. The molecule has 4 rings (SSSR count). The van der Waals surface area contributed by atoms with Crippen molar-refractivity contribution in [2.24, 2.45) is 0 Å². The molecule has 6 nitrogen and oxygen atoms in total. The number of carbonyl (C=O) groups excluding carboxylic acids is 1. The molecule has 1 atom stereocenters. The largest absolute Gasteiger partial charge is 0.495 e. The molecular weight excluding hydrogens is 486 g/mol. The number of rotatable bonds is 4. The first-order valence-corrected chi connectivity index (χ1v) is 12.2. The molecule has 2 aromatic carbocycles. The van der Waals surface area contributed by atoms with E-state index in [0.717, 1.165) is 6.07 Å². The molecule has 2 aliphatic rings. The van der Waals surface area contributed by atoms with Crippen molar-refractivity contribution in [3.63, 3.8) is 0 Å². The molecule has 0 radical (unpaired) electrons. The Kier molecular flexibility index (Phi) is 6.60. The quantitative estimate of drug-likeness (QED) is 0.552. The highest BCUT2D eigenvalue weighted by Crippen LogP contribution is 2.45. The zero-order valence-corrected chi connectivity index (χ0v) is 22.2. The van der Waals surface area contributed by atoms with Crippen LogP contribution >= 0.6 is 0 Å². The average Bonchev–Trinajstić information content (AvgIpc) is 3.24. The van der Waals surface area contributed by atoms with E-state index in [-0.39, 0.29) is 24.2 Å². The third kappa shape index (κ3) is 5.32. The lowest BCUT2D eigenvalue weighted by atomic mass is 9.70. The van der Waals surface area contributed by atoms with Crippen molar-refractivity contribution in [1.82, 2.24) is 5.32 Å². The van der Waals surface area contributed by atoms with Crippen molar-refractivity contribution >= 4 is 18.7 Å². The fraction of sp³-hybridized carbons (Fsp3) is 0.519. The van der Waals surface area contributed by atoms with Crippen LogP contribution in [0.1, 0.15) is 65.2 Å². The zero-order valence-electron chi connectivity index (χ0n) is 22.2. The molecule has 1 N–H and O–H groups in total. The number of hydrogen-bond acceptors (Lipinski definition) is 5. The van der Waals surface area contributed by atoms with Gasteiger partial charge in [0, 0.05) is 11.9 Å². The van der Waals surface area contributed by atoms with Gasteiger partial charge in [-0.25, -0.2) is 4.79 Å². The van der Waals surface area contributed by atoms with Crippen LogP contribution in [-0.4, -0.2) is 36.6 Å². The minimum atomic E-state index is -4.64. The summed E-state index contributed by atoms with van der Waals surface area (Å²) in [6, 6.07) is 11.4. The first-order valence-electron chi connectivity index (χ1n) is 12.2. The molecule has 2 aromatic rings. The van der Waals surface area contributed by atoms with Crippen LogP contribution in [0.25, 0.3) is 0 Å². The van der Waals surface area contributed by atoms with E-state index in [1.807, 2.05) is 30.3 Å².